The van der Waals surface area contributed by atoms with Crippen molar-refractivity contribution in [2.24, 2.45) is 0 Å². The van der Waals surface area contributed by atoms with Crippen LogP contribution in [0.5, 0.6) is 0 Å². The molecule has 7 nitrogen and oxygen atoms in total. The number of sulfonamides is 1. The van der Waals surface area contributed by atoms with E-state index >= 15 is 0 Å². The lowest BCUT2D eigenvalue weighted by Crippen LogP contribution is -2.52. The second-order valence-corrected chi connectivity index (χ2v) is 12.3. The lowest BCUT2D eigenvalue weighted by Gasteiger charge is -2.32. The van der Waals surface area contributed by atoms with Crippen molar-refractivity contribution in [3.05, 3.63) is 63.0 Å². The normalized spacial score (nSPS) is 15.1. The summed E-state index contributed by atoms with van der Waals surface area (Å²) in [4.78, 5) is 28.0. The van der Waals surface area contributed by atoms with Crippen molar-refractivity contribution in [2.75, 3.05) is 17.1 Å². The Morgan fingerprint density at radius 3 is 2.06 bits per heavy atom. The summed E-state index contributed by atoms with van der Waals surface area (Å²) in [6.45, 7) is 1.47. The van der Waals surface area contributed by atoms with Gasteiger partial charge in [-0.3, -0.25) is 13.9 Å². The predicted octanol–water partition coefficient (Wildman–Crippen LogP) is 4.45. The first-order valence-electron chi connectivity index (χ1n) is 11.1. The third kappa shape index (κ3) is 7.29. The molecule has 2 amide bonds. The topological polar surface area (TPSA) is 86.8 Å². The number of anilines is 1. The van der Waals surface area contributed by atoms with Gasteiger partial charge in [0.05, 0.1) is 11.9 Å². The molecule has 1 aliphatic carbocycles. The lowest BCUT2D eigenvalue weighted by atomic mass is 10.1. The fraction of sp³-hybridized carbons (Fsp3) is 0.417. The number of nitrogens with one attached hydrogen (secondary N) is 1. The highest BCUT2D eigenvalue weighted by Gasteiger charge is 2.31. The van der Waals surface area contributed by atoms with Gasteiger partial charge in [0.1, 0.15) is 12.6 Å². The summed E-state index contributed by atoms with van der Waals surface area (Å²) < 4.78 is 27.9. The first-order chi connectivity index (χ1) is 16.0. The minimum atomic E-state index is -3.74. The van der Waals surface area contributed by atoms with E-state index < -0.39 is 28.5 Å². The van der Waals surface area contributed by atoms with E-state index in [4.69, 9.17) is 0 Å². The molecule has 2 aromatic carbocycles. The van der Waals surface area contributed by atoms with Gasteiger partial charge < -0.3 is 10.2 Å². The Morgan fingerprint density at radius 1 is 1.00 bits per heavy atom. The SMILES string of the molecule is C[C@H](C(=O)NC1CCCC1)N(Cc1ccc(Br)cc1)C(=O)CN(c1ccc(Br)cc1)S(C)(=O)=O. The first-order valence-corrected chi connectivity index (χ1v) is 14.6. The lowest BCUT2D eigenvalue weighted by molar-refractivity contribution is -0.139. The number of benzene rings is 2. The number of rotatable bonds is 9. The number of hydrogen-bond donors (Lipinski definition) is 1. The highest BCUT2D eigenvalue weighted by Crippen LogP contribution is 2.22. The van der Waals surface area contributed by atoms with Crippen LogP contribution in [0.1, 0.15) is 38.2 Å². The minimum absolute atomic E-state index is 0.120. The molecule has 0 saturated heterocycles. The average Bonchev–Trinajstić information content (AvgIpc) is 3.29. The summed E-state index contributed by atoms with van der Waals surface area (Å²) in [5, 5.41) is 3.05. The maximum atomic E-state index is 13.5. The van der Waals surface area contributed by atoms with E-state index in [0.29, 0.717) is 5.69 Å². The number of halogens is 2. The summed E-state index contributed by atoms with van der Waals surface area (Å²) in [5.41, 5.74) is 1.22. The van der Waals surface area contributed by atoms with Crippen LogP contribution in [0.4, 0.5) is 5.69 Å². The summed E-state index contributed by atoms with van der Waals surface area (Å²) in [6.07, 6.45) is 5.10. The van der Waals surface area contributed by atoms with Gasteiger partial charge in [-0.1, -0.05) is 56.8 Å². The van der Waals surface area contributed by atoms with Crippen molar-refractivity contribution in [1.29, 1.82) is 0 Å². The van der Waals surface area contributed by atoms with Crippen LogP contribution in [-0.2, 0) is 26.2 Å². The molecule has 0 aromatic heterocycles. The monoisotopic (exact) mass is 613 g/mol. The molecule has 1 fully saturated rings. The maximum absolute atomic E-state index is 13.5. The number of hydrogen-bond acceptors (Lipinski definition) is 4. The van der Waals surface area contributed by atoms with Crippen molar-refractivity contribution in [1.82, 2.24) is 10.2 Å². The van der Waals surface area contributed by atoms with Crippen molar-refractivity contribution in [3.63, 3.8) is 0 Å². The van der Waals surface area contributed by atoms with Gasteiger partial charge in [0.25, 0.3) is 0 Å². The molecule has 1 N–H and O–H groups in total. The van der Waals surface area contributed by atoms with Gasteiger partial charge in [-0.15, -0.1) is 0 Å². The molecular weight excluding hydrogens is 586 g/mol. The number of amides is 2. The summed E-state index contributed by atoms with van der Waals surface area (Å²) in [7, 11) is -3.74. The highest BCUT2D eigenvalue weighted by atomic mass is 79.9. The smallest absolute Gasteiger partial charge is 0.244 e. The Kier molecular flexibility index (Phi) is 9.17. The van der Waals surface area contributed by atoms with Crippen molar-refractivity contribution < 1.29 is 18.0 Å². The van der Waals surface area contributed by atoms with E-state index in [1.165, 1.54) is 4.90 Å². The third-order valence-corrected chi connectivity index (χ3v) is 8.13. The van der Waals surface area contributed by atoms with E-state index in [1.54, 1.807) is 31.2 Å². The maximum Gasteiger partial charge on any atom is 0.244 e. The van der Waals surface area contributed by atoms with E-state index in [-0.39, 0.29) is 18.5 Å². The summed E-state index contributed by atoms with van der Waals surface area (Å²) >= 11 is 6.75. The van der Waals surface area contributed by atoms with Gasteiger partial charge in [-0.05, 0) is 61.7 Å². The van der Waals surface area contributed by atoms with E-state index in [1.807, 2.05) is 24.3 Å². The molecule has 1 atom stereocenters. The predicted molar refractivity (Wildman–Crippen MR) is 141 cm³/mol. The van der Waals surface area contributed by atoms with Crippen molar-refractivity contribution in [3.8, 4) is 0 Å². The third-order valence-electron chi connectivity index (χ3n) is 5.93. The zero-order valence-corrected chi connectivity index (χ0v) is 23.2. The Balaban J connectivity index is 1.86. The molecule has 0 spiro atoms. The van der Waals surface area contributed by atoms with Gasteiger partial charge in [-0.2, -0.15) is 0 Å². The fourth-order valence-electron chi connectivity index (χ4n) is 3.98. The fourth-order valence-corrected chi connectivity index (χ4v) is 5.36. The van der Waals surface area contributed by atoms with Gasteiger partial charge >= 0.3 is 0 Å². The van der Waals surface area contributed by atoms with E-state index in [2.05, 4.69) is 37.2 Å². The molecule has 0 aliphatic heterocycles. The van der Waals surface area contributed by atoms with Gasteiger partial charge in [0.2, 0.25) is 21.8 Å². The number of nitrogens with zero attached hydrogens (tertiary/aromatic N) is 2. The largest absolute Gasteiger partial charge is 0.352 e. The summed E-state index contributed by atoms with van der Waals surface area (Å²) in [6, 6.07) is 13.5. The van der Waals surface area contributed by atoms with Crippen molar-refractivity contribution >= 4 is 59.4 Å². The molecule has 0 unspecified atom stereocenters. The molecule has 0 heterocycles. The molecule has 0 bridgehead atoms. The molecular formula is C24H29Br2N3O4S. The molecule has 2 aromatic rings. The van der Waals surface area contributed by atoms with Crippen LogP contribution >= 0.6 is 31.9 Å². The summed E-state index contributed by atoms with van der Waals surface area (Å²) in [5.74, 6) is -0.683. The van der Waals surface area contributed by atoms with Crippen LogP contribution in [-0.4, -0.2) is 50.0 Å². The highest BCUT2D eigenvalue weighted by molar-refractivity contribution is 9.10. The average molecular weight is 615 g/mol. The van der Waals surface area contributed by atoms with E-state index in [9.17, 15) is 18.0 Å². The Labute approximate surface area is 218 Å². The minimum Gasteiger partial charge on any atom is -0.352 e. The molecule has 34 heavy (non-hydrogen) atoms. The standard InChI is InChI=1S/C24H29Br2N3O4S/c1-17(24(31)27-21-5-3-4-6-21)28(15-18-7-9-19(25)10-8-18)23(30)16-29(34(2,32)33)22-13-11-20(26)12-14-22/h7-14,17,21H,3-6,15-16H2,1-2H3,(H,27,31)/t17-/m1/s1. The Bertz CT molecular complexity index is 1100. The van der Waals surface area contributed by atoms with Crippen LogP contribution in [0, 0.1) is 0 Å². The van der Waals surface area contributed by atoms with Crippen LogP contribution in [0.2, 0.25) is 0 Å². The first kappa shape index (κ1) is 26.7. The Hall–Kier alpha value is -1.91. The van der Waals surface area contributed by atoms with Crippen molar-refractivity contribution in [2.45, 2.75) is 51.2 Å². The molecule has 10 heteroatoms. The van der Waals surface area contributed by atoms with E-state index in [0.717, 1.165) is 50.8 Å². The molecule has 1 aliphatic rings. The zero-order valence-electron chi connectivity index (χ0n) is 19.2. The molecule has 184 valence electrons. The Morgan fingerprint density at radius 2 is 1.53 bits per heavy atom. The quantitative estimate of drug-likeness (QED) is 0.452. The molecule has 3 rings (SSSR count). The number of carbonyl (C=O) groups is 2. The van der Waals surface area contributed by atoms with Gasteiger partial charge in [-0.25, -0.2) is 8.42 Å². The molecule has 1 saturated carbocycles. The van der Waals surface area contributed by atoms with Crippen LogP contribution in [0.3, 0.4) is 0 Å². The second-order valence-electron chi connectivity index (χ2n) is 8.56. The van der Waals surface area contributed by atoms with Gasteiger partial charge in [0.15, 0.2) is 0 Å². The second kappa shape index (κ2) is 11.7. The van der Waals surface area contributed by atoms with Gasteiger partial charge in [0, 0.05) is 21.5 Å². The van der Waals surface area contributed by atoms with Crippen LogP contribution in [0.25, 0.3) is 0 Å². The van der Waals surface area contributed by atoms with Crippen LogP contribution in [0.15, 0.2) is 57.5 Å². The zero-order chi connectivity index (χ0) is 24.9. The molecule has 0 radical (unpaired) electrons. The van der Waals surface area contributed by atoms with Crippen LogP contribution < -0.4 is 9.62 Å². The number of carbonyl (C=O) groups excluding carboxylic acids is 2.